The van der Waals surface area contributed by atoms with Gasteiger partial charge in [-0.2, -0.15) is 0 Å². The molecule has 7 heteroatoms. The smallest absolute Gasteiger partial charge is 0.267 e. The van der Waals surface area contributed by atoms with E-state index in [0.29, 0.717) is 31.0 Å². The van der Waals surface area contributed by atoms with Crippen molar-refractivity contribution in [3.8, 4) is 0 Å². The van der Waals surface area contributed by atoms with Gasteiger partial charge in [-0.1, -0.05) is 6.92 Å². The van der Waals surface area contributed by atoms with Crippen molar-refractivity contribution in [1.29, 1.82) is 0 Å². The Balaban J connectivity index is 2.41. The summed E-state index contributed by atoms with van der Waals surface area (Å²) < 4.78 is 0. The molecule has 2 amide bonds. The van der Waals surface area contributed by atoms with E-state index in [2.05, 4.69) is 10.3 Å². The van der Waals surface area contributed by atoms with Crippen LogP contribution in [0.3, 0.4) is 0 Å². The van der Waals surface area contributed by atoms with Gasteiger partial charge in [-0.15, -0.1) is 0 Å². The van der Waals surface area contributed by atoms with Gasteiger partial charge in [-0.25, -0.2) is 4.98 Å². The molecule has 1 aliphatic rings. The van der Waals surface area contributed by atoms with E-state index in [1.54, 1.807) is 6.07 Å². The molecule has 0 radical (unpaired) electrons. The number of anilines is 2. The molecule has 0 aliphatic carbocycles. The fourth-order valence-electron chi connectivity index (χ4n) is 2.20. The number of nitrogen functional groups attached to an aromatic ring is 1. The molecule has 102 valence electrons. The molecule has 7 nitrogen and oxygen atoms in total. The fraction of sp³-hybridized carbons (Fsp3) is 0.417. The highest BCUT2D eigenvalue weighted by Gasteiger charge is 2.30. The highest BCUT2D eigenvalue weighted by atomic mass is 16.2. The Kier molecular flexibility index (Phi) is 3.55. The summed E-state index contributed by atoms with van der Waals surface area (Å²) in [5.74, 6) is -0.229. The highest BCUT2D eigenvalue weighted by Crippen LogP contribution is 2.25. The Bertz CT molecular complexity index is 517. The van der Waals surface area contributed by atoms with Crippen molar-refractivity contribution in [2.24, 2.45) is 5.73 Å². The molecule has 1 aliphatic heterocycles. The molecule has 0 saturated carbocycles. The second-order valence-electron chi connectivity index (χ2n) is 4.38. The summed E-state index contributed by atoms with van der Waals surface area (Å²) in [5, 5.41) is 2.80. The molecule has 0 spiro atoms. The van der Waals surface area contributed by atoms with Crippen molar-refractivity contribution in [3.05, 3.63) is 17.8 Å². The predicted molar refractivity (Wildman–Crippen MR) is 71.6 cm³/mol. The summed E-state index contributed by atoms with van der Waals surface area (Å²) in [6, 6.07) is 2.74. The summed E-state index contributed by atoms with van der Waals surface area (Å²) >= 11 is 0. The zero-order valence-corrected chi connectivity index (χ0v) is 10.7. The van der Waals surface area contributed by atoms with Gasteiger partial charge in [0.25, 0.3) is 5.91 Å². The van der Waals surface area contributed by atoms with Crippen molar-refractivity contribution >= 4 is 23.3 Å². The average molecular weight is 263 g/mol. The summed E-state index contributed by atoms with van der Waals surface area (Å²) in [7, 11) is 0. The van der Waals surface area contributed by atoms with Crippen LogP contribution in [0.25, 0.3) is 0 Å². The molecule has 1 atom stereocenters. The predicted octanol–water partition coefficient (Wildman–Crippen LogP) is -0.522. The molecule has 1 aromatic rings. The van der Waals surface area contributed by atoms with Crippen LogP contribution in [-0.4, -0.2) is 35.9 Å². The topological polar surface area (TPSA) is 114 Å². The molecule has 0 bridgehead atoms. The normalized spacial score (nSPS) is 19.1. The number of piperazine rings is 1. The zero-order valence-electron chi connectivity index (χ0n) is 10.7. The van der Waals surface area contributed by atoms with Crippen LogP contribution in [0.4, 0.5) is 11.5 Å². The molecule has 1 fully saturated rings. The van der Waals surface area contributed by atoms with E-state index in [1.165, 1.54) is 6.07 Å². The van der Waals surface area contributed by atoms with Crippen LogP contribution in [0.2, 0.25) is 0 Å². The van der Waals surface area contributed by atoms with Gasteiger partial charge >= 0.3 is 0 Å². The molecule has 0 aromatic carbocycles. The van der Waals surface area contributed by atoms with Gasteiger partial charge < -0.3 is 21.7 Å². The lowest BCUT2D eigenvalue weighted by Gasteiger charge is -2.36. The second kappa shape index (κ2) is 5.13. The van der Waals surface area contributed by atoms with Crippen molar-refractivity contribution in [3.63, 3.8) is 0 Å². The molecule has 1 aromatic heterocycles. The fourth-order valence-corrected chi connectivity index (χ4v) is 2.20. The SMILES string of the molecule is CCC1C(=O)NCCN1c1nc(C(N)=O)ccc1N. The van der Waals surface area contributed by atoms with Crippen LogP contribution >= 0.6 is 0 Å². The summed E-state index contributed by atoms with van der Waals surface area (Å²) in [4.78, 5) is 29.0. The number of hydrogen-bond acceptors (Lipinski definition) is 5. The minimum Gasteiger partial charge on any atom is -0.396 e. The maximum atomic E-state index is 11.8. The first kappa shape index (κ1) is 13.1. The van der Waals surface area contributed by atoms with Gasteiger partial charge in [-0.3, -0.25) is 9.59 Å². The third-order valence-electron chi connectivity index (χ3n) is 3.15. The van der Waals surface area contributed by atoms with Gasteiger partial charge in [-0.05, 0) is 18.6 Å². The Morgan fingerprint density at radius 2 is 2.32 bits per heavy atom. The summed E-state index contributed by atoms with van der Waals surface area (Å²) in [6.07, 6.45) is 0.633. The number of aromatic nitrogens is 1. The number of hydrogen-bond donors (Lipinski definition) is 3. The summed E-state index contributed by atoms with van der Waals surface area (Å²) in [6.45, 7) is 3.04. The quantitative estimate of drug-likeness (QED) is 0.678. The standard InChI is InChI=1S/C12H17N5O2/c1-2-9-12(19)15-5-6-17(9)11-7(13)3-4-8(16-11)10(14)18/h3-4,9H,2,5-6,13H2,1H3,(H2,14,18)(H,15,19). The number of nitrogens with two attached hydrogens (primary N) is 2. The lowest BCUT2D eigenvalue weighted by Crippen LogP contribution is -2.55. The number of carbonyl (C=O) groups is 2. The van der Waals surface area contributed by atoms with Crippen LogP contribution in [0.15, 0.2) is 12.1 Å². The molecule has 1 saturated heterocycles. The molecule has 2 heterocycles. The van der Waals surface area contributed by atoms with Gasteiger partial charge in [0.15, 0.2) is 5.82 Å². The number of rotatable bonds is 3. The lowest BCUT2D eigenvalue weighted by molar-refractivity contribution is -0.123. The Morgan fingerprint density at radius 1 is 1.58 bits per heavy atom. The van der Waals surface area contributed by atoms with Crippen LogP contribution in [0, 0.1) is 0 Å². The second-order valence-corrected chi connectivity index (χ2v) is 4.38. The number of amides is 2. The third-order valence-corrected chi connectivity index (χ3v) is 3.15. The van der Waals surface area contributed by atoms with Gasteiger partial charge in [0.1, 0.15) is 11.7 Å². The van der Waals surface area contributed by atoms with Crippen molar-refractivity contribution in [2.75, 3.05) is 23.7 Å². The van der Waals surface area contributed by atoms with Crippen LogP contribution in [-0.2, 0) is 4.79 Å². The first-order valence-corrected chi connectivity index (χ1v) is 6.15. The van der Waals surface area contributed by atoms with Crippen molar-refractivity contribution in [2.45, 2.75) is 19.4 Å². The minimum absolute atomic E-state index is 0.0561. The van der Waals surface area contributed by atoms with E-state index in [4.69, 9.17) is 11.5 Å². The van der Waals surface area contributed by atoms with Crippen molar-refractivity contribution in [1.82, 2.24) is 10.3 Å². The maximum Gasteiger partial charge on any atom is 0.267 e. The number of carbonyl (C=O) groups excluding carboxylic acids is 2. The van der Waals surface area contributed by atoms with E-state index in [0.717, 1.165) is 0 Å². The van der Waals surface area contributed by atoms with E-state index in [-0.39, 0.29) is 17.6 Å². The lowest BCUT2D eigenvalue weighted by atomic mass is 10.1. The largest absolute Gasteiger partial charge is 0.396 e. The van der Waals surface area contributed by atoms with Crippen LogP contribution in [0.1, 0.15) is 23.8 Å². The number of primary amides is 1. The van der Waals surface area contributed by atoms with Crippen molar-refractivity contribution < 1.29 is 9.59 Å². The number of pyridine rings is 1. The van der Waals surface area contributed by atoms with Crippen LogP contribution < -0.4 is 21.7 Å². The molecular formula is C12H17N5O2. The average Bonchev–Trinajstić information content (AvgIpc) is 2.38. The summed E-state index contributed by atoms with van der Waals surface area (Å²) in [5.41, 5.74) is 11.7. The molecule has 5 N–H and O–H groups in total. The van der Waals surface area contributed by atoms with E-state index >= 15 is 0 Å². The van der Waals surface area contributed by atoms with Gasteiger partial charge in [0.2, 0.25) is 5.91 Å². The van der Waals surface area contributed by atoms with Gasteiger partial charge in [0.05, 0.1) is 5.69 Å². The highest BCUT2D eigenvalue weighted by molar-refractivity contribution is 5.92. The van der Waals surface area contributed by atoms with Crippen LogP contribution in [0.5, 0.6) is 0 Å². The Labute approximate surface area is 111 Å². The minimum atomic E-state index is -0.615. The zero-order chi connectivity index (χ0) is 14.0. The Morgan fingerprint density at radius 3 is 2.95 bits per heavy atom. The Hall–Kier alpha value is -2.31. The first-order chi connectivity index (χ1) is 9.04. The molecular weight excluding hydrogens is 246 g/mol. The first-order valence-electron chi connectivity index (χ1n) is 6.15. The number of nitrogens with one attached hydrogen (secondary N) is 1. The third kappa shape index (κ3) is 2.44. The molecule has 2 rings (SSSR count). The monoisotopic (exact) mass is 263 g/mol. The van der Waals surface area contributed by atoms with E-state index in [1.807, 2.05) is 11.8 Å². The number of nitrogens with zero attached hydrogens (tertiary/aromatic N) is 2. The maximum absolute atomic E-state index is 11.8. The molecule has 1 unspecified atom stereocenters. The molecule has 19 heavy (non-hydrogen) atoms. The van der Waals surface area contributed by atoms with Gasteiger partial charge in [0, 0.05) is 13.1 Å². The van der Waals surface area contributed by atoms with E-state index < -0.39 is 5.91 Å². The van der Waals surface area contributed by atoms with E-state index in [9.17, 15) is 9.59 Å².